The summed E-state index contributed by atoms with van der Waals surface area (Å²) in [4.78, 5) is 5.21. The van der Waals surface area contributed by atoms with Crippen molar-refractivity contribution in [1.82, 2.24) is 0 Å². The van der Waals surface area contributed by atoms with E-state index >= 15 is 0 Å². The Morgan fingerprint density at radius 1 is 0.356 bits per heavy atom. The van der Waals surface area contributed by atoms with Crippen LogP contribution >= 0.6 is 0 Å². The van der Waals surface area contributed by atoms with Gasteiger partial charge in [-0.05, 0) is 184 Å². The van der Waals surface area contributed by atoms with Crippen molar-refractivity contribution >= 4 is 57.2 Å². The fourth-order valence-corrected chi connectivity index (χ4v) is 15.8. The largest absolute Gasteiger partial charge is 0.311 e. The zero-order chi connectivity index (χ0) is 38.2. The van der Waals surface area contributed by atoms with Crippen molar-refractivity contribution in [2.45, 2.75) is 62.2 Å². The molecule has 4 bridgehead atoms. The van der Waals surface area contributed by atoms with Gasteiger partial charge in [0.05, 0.1) is 0 Å². The lowest BCUT2D eigenvalue weighted by Gasteiger charge is -2.44. The van der Waals surface area contributed by atoms with Crippen molar-refractivity contribution in [2.75, 3.05) is 9.80 Å². The van der Waals surface area contributed by atoms with Crippen molar-refractivity contribution < 1.29 is 0 Å². The first-order valence-corrected chi connectivity index (χ1v) is 22.7. The van der Waals surface area contributed by atoms with E-state index in [9.17, 15) is 0 Å². The summed E-state index contributed by atoms with van der Waals surface area (Å²) in [6.45, 7) is 0.140. The van der Waals surface area contributed by atoms with Crippen LogP contribution in [-0.4, -0.2) is 6.71 Å². The molecule has 0 N–H and O–H groups in total. The molecule has 7 aromatic carbocycles. The van der Waals surface area contributed by atoms with Crippen molar-refractivity contribution in [3.8, 4) is 22.3 Å². The van der Waals surface area contributed by atoms with Gasteiger partial charge in [0, 0.05) is 45.0 Å². The highest BCUT2D eigenvalue weighted by molar-refractivity contribution is 7.00. The molecule has 2 nitrogen and oxygen atoms in total. The van der Waals surface area contributed by atoms with E-state index in [4.69, 9.17) is 0 Å². The number of hydrogen-bond acceptors (Lipinski definition) is 2. The molecule has 8 aliphatic rings. The molecule has 0 saturated heterocycles. The van der Waals surface area contributed by atoms with Crippen LogP contribution < -0.4 is 26.2 Å². The lowest BCUT2D eigenvalue weighted by atomic mass is 9.33. The number of benzene rings is 7. The number of hydrogen-bond donors (Lipinski definition) is 0. The van der Waals surface area contributed by atoms with Gasteiger partial charge in [-0.15, -0.1) is 0 Å². The Morgan fingerprint density at radius 3 is 1.19 bits per heavy atom. The molecule has 3 heteroatoms. The Balaban J connectivity index is 0.937. The molecule has 0 amide bonds. The summed E-state index contributed by atoms with van der Waals surface area (Å²) >= 11 is 0. The maximum Gasteiger partial charge on any atom is 0.252 e. The van der Waals surface area contributed by atoms with E-state index in [-0.39, 0.29) is 17.5 Å². The summed E-state index contributed by atoms with van der Waals surface area (Å²) in [6, 6.07) is 59.7. The molecule has 0 radical (unpaired) electrons. The standard InChI is InChI=1S/C56H45BN2/c1-3-12-44-40(10-1)42-32-38(28-30-46(42)55(44)34-20-21-35(55)23-22-34)58-50-16-7-5-14-48(50)57-49-15-6-8-17-51(49)59(53-19-9-18-52(58)54(53)57)39-29-31-47-43(33-39)41-11-2-4-13-45(41)56(47)36-24-25-37(56)27-26-36/h1-19,28-37H,20-27H2. The fraction of sp³-hybridized carbons (Fsp3) is 0.250. The number of rotatable bonds is 2. The lowest BCUT2D eigenvalue weighted by molar-refractivity contribution is 0.400. The highest BCUT2D eigenvalue weighted by atomic mass is 15.2. The summed E-state index contributed by atoms with van der Waals surface area (Å²) in [5.41, 5.74) is 24.5. The van der Waals surface area contributed by atoms with Crippen LogP contribution in [0.25, 0.3) is 22.3 Å². The van der Waals surface area contributed by atoms with Gasteiger partial charge in [-0.25, -0.2) is 0 Å². The molecular weight excluding hydrogens is 711 g/mol. The zero-order valence-corrected chi connectivity index (χ0v) is 33.4. The topological polar surface area (TPSA) is 6.48 Å². The molecule has 7 aromatic rings. The molecule has 2 spiro atoms. The van der Waals surface area contributed by atoms with Crippen LogP contribution in [0, 0.1) is 23.7 Å². The summed E-state index contributed by atoms with van der Waals surface area (Å²) in [5, 5.41) is 0. The van der Waals surface area contributed by atoms with Crippen LogP contribution in [0.15, 0.2) is 152 Å². The maximum atomic E-state index is 2.60. The highest BCUT2D eigenvalue weighted by Gasteiger charge is 2.61. The van der Waals surface area contributed by atoms with Crippen LogP contribution in [-0.2, 0) is 10.8 Å². The molecule has 6 aliphatic carbocycles. The highest BCUT2D eigenvalue weighted by Crippen LogP contribution is 2.69. The third-order valence-corrected chi connectivity index (χ3v) is 17.6. The zero-order valence-electron chi connectivity index (χ0n) is 33.4. The average molecular weight is 757 g/mol. The Labute approximate surface area is 347 Å². The van der Waals surface area contributed by atoms with E-state index in [2.05, 4.69) is 161 Å². The minimum Gasteiger partial charge on any atom is -0.311 e. The molecule has 15 rings (SSSR count). The average Bonchev–Trinajstić information content (AvgIpc) is 4.15. The summed E-state index contributed by atoms with van der Waals surface area (Å²) < 4.78 is 0. The van der Waals surface area contributed by atoms with Gasteiger partial charge in [-0.3, -0.25) is 0 Å². The predicted molar refractivity (Wildman–Crippen MR) is 244 cm³/mol. The molecule has 0 atom stereocenters. The molecule has 0 aromatic heterocycles. The van der Waals surface area contributed by atoms with E-state index < -0.39 is 0 Å². The van der Waals surface area contributed by atoms with Gasteiger partial charge in [-0.2, -0.15) is 0 Å². The molecule has 2 heterocycles. The van der Waals surface area contributed by atoms with Crippen molar-refractivity contribution in [2.24, 2.45) is 23.7 Å². The molecule has 282 valence electrons. The fourth-order valence-electron chi connectivity index (χ4n) is 15.8. The predicted octanol–water partition coefficient (Wildman–Crippen LogP) is 11.9. The van der Waals surface area contributed by atoms with Crippen LogP contribution in [0.3, 0.4) is 0 Å². The van der Waals surface area contributed by atoms with E-state index in [0.29, 0.717) is 0 Å². The Bertz CT molecular complexity index is 2760. The van der Waals surface area contributed by atoms with E-state index in [1.54, 1.807) is 22.3 Å². The summed E-state index contributed by atoms with van der Waals surface area (Å²) in [6.07, 6.45) is 11.0. The van der Waals surface area contributed by atoms with Gasteiger partial charge in [0.25, 0.3) is 6.71 Å². The first-order valence-electron chi connectivity index (χ1n) is 22.7. The third-order valence-electron chi connectivity index (χ3n) is 17.6. The molecule has 4 saturated carbocycles. The van der Waals surface area contributed by atoms with Crippen molar-refractivity contribution in [3.63, 3.8) is 0 Å². The van der Waals surface area contributed by atoms with Gasteiger partial charge in [0.2, 0.25) is 0 Å². The molecule has 2 aliphatic heterocycles. The molecule has 0 unspecified atom stereocenters. The molecule has 4 fully saturated rings. The smallest absolute Gasteiger partial charge is 0.252 e. The normalized spacial score (nSPS) is 27.5. The first kappa shape index (κ1) is 32.1. The van der Waals surface area contributed by atoms with Crippen molar-refractivity contribution in [3.05, 3.63) is 174 Å². The Kier molecular flexibility index (Phi) is 6.02. The van der Waals surface area contributed by atoms with Crippen LogP contribution in [0.2, 0.25) is 0 Å². The van der Waals surface area contributed by atoms with Gasteiger partial charge < -0.3 is 9.80 Å². The molecular formula is C56H45BN2. The van der Waals surface area contributed by atoms with E-state index in [1.165, 1.54) is 124 Å². The number of para-hydroxylation sites is 2. The quantitative estimate of drug-likeness (QED) is 0.162. The third kappa shape index (κ3) is 3.64. The molecule has 59 heavy (non-hydrogen) atoms. The summed E-state index contributed by atoms with van der Waals surface area (Å²) in [7, 11) is 0. The number of anilines is 6. The van der Waals surface area contributed by atoms with Crippen LogP contribution in [0.1, 0.15) is 73.6 Å². The van der Waals surface area contributed by atoms with E-state index in [1.807, 2.05) is 0 Å². The Hall–Kier alpha value is -5.80. The lowest BCUT2D eigenvalue weighted by Crippen LogP contribution is -2.61. The number of nitrogens with zero attached hydrogens (tertiary/aromatic N) is 2. The monoisotopic (exact) mass is 756 g/mol. The Morgan fingerprint density at radius 2 is 0.729 bits per heavy atom. The van der Waals surface area contributed by atoms with E-state index in [0.717, 1.165) is 23.7 Å². The van der Waals surface area contributed by atoms with Gasteiger partial charge in [0.15, 0.2) is 0 Å². The van der Waals surface area contributed by atoms with Gasteiger partial charge >= 0.3 is 0 Å². The van der Waals surface area contributed by atoms with Crippen LogP contribution in [0.5, 0.6) is 0 Å². The minimum atomic E-state index is 0.140. The second-order valence-corrected chi connectivity index (χ2v) is 19.3. The number of fused-ring (bicyclic) bond motifs is 10. The van der Waals surface area contributed by atoms with Crippen molar-refractivity contribution in [1.29, 1.82) is 0 Å². The minimum absolute atomic E-state index is 0.140. The maximum absolute atomic E-state index is 2.60. The van der Waals surface area contributed by atoms with Crippen LogP contribution in [0.4, 0.5) is 34.1 Å². The van der Waals surface area contributed by atoms with Gasteiger partial charge in [0.1, 0.15) is 0 Å². The second kappa shape index (κ2) is 11.1. The second-order valence-electron chi connectivity index (χ2n) is 19.3. The first-order chi connectivity index (χ1) is 29.3. The van der Waals surface area contributed by atoms with Gasteiger partial charge in [-0.1, -0.05) is 103 Å². The SMILES string of the molecule is c1ccc2c(c1)B1c3ccccc3N(c3ccc4c(c3)-c3ccccc3C43C4CCC3CC4)c3cccc(c31)N2c1ccc2c(c1)-c1ccccc1C21C2CCC1CC2. The summed E-state index contributed by atoms with van der Waals surface area (Å²) in [5.74, 6) is 3.04.